The summed E-state index contributed by atoms with van der Waals surface area (Å²) in [4.78, 5) is 21.4. The van der Waals surface area contributed by atoms with Crippen molar-refractivity contribution in [2.45, 2.75) is 179 Å². The average molecular weight is 788 g/mol. The zero-order valence-electron chi connectivity index (χ0n) is 35.0. The van der Waals surface area contributed by atoms with E-state index in [0.717, 1.165) is 0 Å². The molecular formula is C39H69N3O13. The van der Waals surface area contributed by atoms with E-state index >= 15 is 0 Å². The highest BCUT2D eigenvalue weighted by molar-refractivity contribution is 5.88. The van der Waals surface area contributed by atoms with Crippen molar-refractivity contribution in [2.75, 3.05) is 27.8 Å². The molecule has 0 bridgehead atoms. The third-order valence-corrected chi connectivity index (χ3v) is 12.2. The van der Waals surface area contributed by atoms with Gasteiger partial charge in [-0.3, -0.25) is 4.79 Å². The first-order valence-corrected chi connectivity index (χ1v) is 19.6. The zero-order chi connectivity index (χ0) is 41.8. The van der Waals surface area contributed by atoms with E-state index < -0.39 is 102 Å². The van der Waals surface area contributed by atoms with Gasteiger partial charge in [0, 0.05) is 37.3 Å². The first-order chi connectivity index (χ1) is 25.5. The number of oxime groups is 1. The Morgan fingerprint density at radius 2 is 1.60 bits per heavy atom. The van der Waals surface area contributed by atoms with Gasteiger partial charge in [-0.25, -0.2) is 0 Å². The average Bonchev–Trinajstić information content (AvgIpc) is 3.11. The molecule has 0 amide bonds. The van der Waals surface area contributed by atoms with Crippen LogP contribution in [0.4, 0.5) is 0 Å². The summed E-state index contributed by atoms with van der Waals surface area (Å²) in [6, 6.07) is 1.53. The smallest absolute Gasteiger partial charge is 0.311 e. The number of methoxy groups -OCH3 is 1. The molecule has 0 aromatic carbocycles. The van der Waals surface area contributed by atoms with E-state index in [1.165, 1.54) is 14.0 Å². The van der Waals surface area contributed by atoms with Crippen LogP contribution in [0.5, 0.6) is 0 Å². The van der Waals surface area contributed by atoms with Gasteiger partial charge in [-0.05, 0) is 74.9 Å². The van der Waals surface area contributed by atoms with Crippen LogP contribution in [0.3, 0.4) is 0 Å². The van der Waals surface area contributed by atoms with Gasteiger partial charge in [0.05, 0.1) is 53.4 Å². The van der Waals surface area contributed by atoms with Crippen molar-refractivity contribution in [3.8, 4) is 6.07 Å². The lowest BCUT2D eigenvalue weighted by Crippen LogP contribution is -2.61. The summed E-state index contributed by atoms with van der Waals surface area (Å²) in [5.41, 5.74) is -4.58. The van der Waals surface area contributed by atoms with Gasteiger partial charge in [-0.2, -0.15) is 5.26 Å². The highest BCUT2D eigenvalue weighted by atomic mass is 16.7. The fourth-order valence-electron chi connectivity index (χ4n) is 8.73. The Morgan fingerprint density at radius 1 is 0.964 bits per heavy atom. The van der Waals surface area contributed by atoms with E-state index in [0.29, 0.717) is 6.42 Å². The Hall–Kier alpha value is -2.01. The molecular weight excluding hydrogens is 718 g/mol. The van der Waals surface area contributed by atoms with Gasteiger partial charge in [-0.1, -0.05) is 32.9 Å². The molecule has 3 fully saturated rings. The Bertz CT molecular complexity index is 1330. The van der Waals surface area contributed by atoms with Gasteiger partial charge in [0.25, 0.3) is 0 Å². The van der Waals surface area contributed by atoms with Crippen LogP contribution in [-0.2, 0) is 38.1 Å². The Balaban J connectivity index is 2.25. The third kappa shape index (κ3) is 10.7. The van der Waals surface area contributed by atoms with Crippen molar-refractivity contribution < 1.29 is 63.6 Å². The number of carbonyl (C=O) groups is 1. The molecule has 3 rings (SSSR count). The lowest BCUT2D eigenvalue weighted by molar-refractivity contribution is -0.317. The first kappa shape index (κ1) is 47.4. The molecule has 0 aromatic rings. The maximum atomic E-state index is 14.2. The number of aliphatic hydroxyl groups is 5. The summed E-state index contributed by atoms with van der Waals surface area (Å²) in [6.07, 6.45) is -9.63. The minimum absolute atomic E-state index is 0.0565. The molecule has 2 unspecified atom stereocenters. The fourth-order valence-corrected chi connectivity index (χ4v) is 8.73. The zero-order valence-corrected chi connectivity index (χ0v) is 35.0. The lowest BCUT2D eigenvalue weighted by Gasteiger charge is -2.49. The monoisotopic (exact) mass is 787 g/mol. The van der Waals surface area contributed by atoms with Crippen LogP contribution in [0, 0.1) is 35.0 Å². The lowest BCUT2D eigenvalue weighted by atomic mass is 9.73. The Kier molecular flexibility index (Phi) is 16.5. The van der Waals surface area contributed by atoms with E-state index in [1.807, 2.05) is 32.0 Å². The maximum absolute atomic E-state index is 14.2. The van der Waals surface area contributed by atoms with Gasteiger partial charge in [-0.15, -0.1) is 0 Å². The van der Waals surface area contributed by atoms with Crippen LogP contribution in [-0.4, -0.2) is 154 Å². The summed E-state index contributed by atoms with van der Waals surface area (Å²) < 4.78 is 37.4. The standard InChI is InChI=1S/C39H69N3O13/c1-14-27-39(10,48)32(44)22(4)29(41-50-16-15-40)20(2)18-37(8,47)34(55-36-30(43)26(42(11)12)17-21(3)51-36)23(5)31(24(6)35(46)53-27)54-28-19-38(9,49-13)33(45)25(7)52-28/h20-28,30-34,36,43-45,47-48H,14,16-19H2,1-13H3/b41-29+/t20-,21-,22+,23+,24-,25+,26+,27?,28+,30-,31?,32-,33+,34-,36+,37-,38-,39-/m1/s1. The topological polar surface area (TPSA) is 222 Å². The van der Waals surface area contributed by atoms with Gasteiger partial charge >= 0.3 is 5.97 Å². The van der Waals surface area contributed by atoms with Crippen LogP contribution in [0.25, 0.3) is 0 Å². The number of hydrogen-bond donors (Lipinski definition) is 5. The molecule has 318 valence electrons. The molecule has 16 heteroatoms. The number of cyclic esters (lactones) is 1. The quantitative estimate of drug-likeness (QED) is 0.128. The van der Waals surface area contributed by atoms with Crippen LogP contribution in [0.1, 0.15) is 94.9 Å². The number of ether oxygens (including phenoxy) is 6. The Morgan fingerprint density at radius 3 is 2.16 bits per heavy atom. The highest BCUT2D eigenvalue weighted by Gasteiger charge is 2.53. The summed E-state index contributed by atoms with van der Waals surface area (Å²) in [5.74, 6) is -4.23. The molecule has 0 aliphatic carbocycles. The minimum Gasteiger partial charge on any atom is -0.459 e. The maximum Gasteiger partial charge on any atom is 0.311 e. The molecule has 16 nitrogen and oxygen atoms in total. The molecule has 0 saturated carbocycles. The number of carbonyl (C=O) groups excluding carboxylic acids is 1. The highest BCUT2D eigenvalue weighted by Crippen LogP contribution is 2.41. The molecule has 3 saturated heterocycles. The molecule has 0 spiro atoms. The molecule has 0 radical (unpaired) electrons. The summed E-state index contributed by atoms with van der Waals surface area (Å²) in [6.45, 7) is 16.3. The number of hydrogen-bond acceptors (Lipinski definition) is 16. The van der Waals surface area contributed by atoms with Crippen LogP contribution in [0.2, 0.25) is 0 Å². The predicted octanol–water partition coefficient (Wildman–Crippen LogP) is 2.11. The molecule has 3 heterocycles. The summed E-state index contributed by atoms with van der Waals surface area (Å²) in [5, 5.41) is 72.1. The number of nitrogens with zero attached hydrogens (tertiary/aromatic N) is 3. The van der Waals surface area contributed by atoms with Crippen molar-refractivity contribution in [2.24, 2.45) is 28.8 Å². The second kappa shape index (κ2) is 19.2. The Labute approximate surface area is 327 Å². The summed E-state index contributed by atoms with van der Waals surface area (Å²) >= 11 is 0. The first-order valence-electron chi connectivity index (χ1n) is 19.6. The number of aliphatic hydroxyl groups excluding tert-OH is 3. The van der Waals surface area contributed by atoms with Crippen molar-refractivity contribution in [3.05, 3.63) is 0 Å². The number of likely N-dealkylation sites (N-methyl/N-ethyl adjacent to an activating group) is 1. The van der Waals surface area contributed by atoms with E-state index in [2.05, 4.69) is 5.16 Å². The minimum atomic E-state index is -1.98. The van der Waals surface area contributed by atoms with Gasteiger partial charge < -0.3 is 63.7 Å². The predicted molar refractivity (Wildman–Crippen MR) is 200 cm³/mol. The van der Waals surface area contributed by atoms with Crippen LogP contribution < -0.4 is 0 Å². The molecule has 3 aliphatic heterocycles. The second-order valence-corrected chi connectivity index (χ2v) is 17.0. The van der Waals surface area contributed by atoms with Crippen molar-refractivity contribution >= 4 is 11.7 Å². The second-order valence-electron chi connectivity index (χ2n) is 17.0. The molecule has 0 aromatic heterocycles. The molecule has 18 atom stereocenters. The van der Waals surface area contributed by atoms with Crippen LogP contribution >= 0.6 is 0 Å². The molecule has 55 heavy (non-hydrogen) atoms. The van der Waals surface area contributed by atoms with Crippen LogP contribution in [0.15, 0.2) is 5.16 Å². The van der Waals surface area contributed by atoms with E-state index in [1.54, 1.807) is 55.4 Å². The van der Waals surface area contributed by atoms with Gasteiger partial charge in [0.1, 0.15) is 30.0 Å². The fraction of sp³-hybridized carbons (Fsp3) is 0.923. The normalized spacial score (nSPS) is 47.5. The number of nitriles is 1. The SMILES string of the molecule is CCC1OC(=O)[C@H](C)C(O[C@H]2C[C@@](C)(OC)[C@@H](O)[C@H](C)O2)[C@H](C)[C@@H](O[C@@H]2O[C@H](C)C[C@H](N(C)C)[C@H]2O)[C@](C)(O)C[C@@H](C)/C(=N\OCC#N)[C@H](C)[C@@H](O)[C@]1(C)O. The van der Waals surface area contributed by atoms with Gasteiger partial charge in [0.2, 0.25) is 6.61 Å². The van der Waals surface area contributed by atoms with Crippen molar-refractivity contribution in [3.63, 3.8) is 0 Å². The van der Waals surface area contributed by atoms with E-state index in [-0.39, 0.29) is 43.7 Å². The van der Waals surface area contributed by atoms with Crippen molar-refractivity contribution in [1.29, 1.82) is 5.26 Å². The molecule has 5 N–H and O–H groups in total. The number of esters is 1. The summed E-state index contributed by atoms with van der Waals surface area (Å²) in [7, 11) is 5.19. The largest absolute Gasteiger partial charge is 0.459 e. The van der Waals surface area contributed by atoms with E-state index in [4.69, 9.17) is 33.3 Å². The van der Waals surface area contributed by atoms with E-state index in [9.17, 15) is 35.6 Å². The number of rotatable bonds is 9. The third-order valence-electron chi connectivity index (χ3n) is 12.2. The molecule has 3 aliphatic rings. The van der Waals surface area contributed by atoms with Crippen molar-refractivity contribution in [1.82, 2.24) is 4.90 Å². The van der Waals surface area contributed by atoms with Gasteiger partial charge in [0.15, 0.2) is 12.6 Å².